The van der Waals surface area contributed by atoms with Crippen LogP contribution in [0.3, 0.4) is 0 Å². The van der Waals surface area contributed by atoms with E-state index in [0.29, 0.717) is 12.2 Å². The molecule has 0 aliphatic carbocycles. The number of hydrogen-bond acceptors (Lipinski definition) is 9. The lowest BCUT2D eigenvalue weighted by atomic mass is 9.95. The molecular formula is C24H29NO8S2. The summed E-state index contributed by atoms with van der Waals surface area (Å²) in [5.74, 6) is -0.172. The maximum Gasteiger partial charge on any atom is 0.373 e. The molecule has 0 saturated carbocycles. The second-order valence-electron chi connectivity index (χ2n) is 7.54. The standard InChI is InChI=1S/C24H29NO8S2/c1-3-12-32-24(27)22-15-19(18-8-14-34-17-18)16-23(33-22)31-13-10-25(9-11-26)35(28,29)21-6-4-20(30-2)5-7-21/h3-8,14-15,17,19,23,26H,1,9-13,16H2,2H3. The van der Waals surface area contributed by atoms with E-state index >= 15 is 0 Å². The maximum absolute atomic E-state index is 13.1. The third kappa shape index (κ3) is 7.15. The van der Waals surface area contributed by atoms with Crippen molar-refractivity contribution in [3.8, 4) is 5.75 Å². The van der Waals surface area contributed by atoms with Crippen LogP contribution < -0.4 is 4.74 Å². The Morgan fingerprint density at radius 2 is 2.06 bits per heavy atom. The molecule has 1 aromatic carbocycles. The van der Waals surface area contributed by atoms with Gasteiger partial charge in [-0.05, 0) is 52.7 Å². The molecular weight excluding hydrogens is 494 g/mol. The molecule has 11 heteroatoms. The minimum absolute atomic E-state index is 0.00854. The molecule has 3 rings (SSSR count). The zero-order chi connectivity index (χ0) is 25.3. The van der Waals surface area contributed by atoms with Crippen LogP contribution in [-0.2, 0) is 29.0 Å². The Balaban J connectivity index is 1.67. The van der Waals surface area contributed by atoms with Crippen molar-refractivity contribution < 1.29 is 37.3 Å². The highest BCUT2D eigenvalue weighted by molar-refractivity contribution is 7.89. The van der Waals surface area contributed by atoms with Gasteiger partial charge in [0.05, 0.1) is 25.2 Å². The van der Waals surface area contributed by atoms with Crippen LogP contribution in [-0.4, -0.2) is 70.1 Å². The first-order chi connectivity index (χ1) is 16.9. The highest BCUT2D eigenvalue weighted by Crippen LogP contribution is 2.33. The van der Waals surface area contributed by atoms with E-state index in [4.69, 9.17) is 18.9 Å². The Hall–Kier alpha value is -2.70. The van der Waals surface area contributed by atoms with Gasteiger partial charge in [0.15, 0.2) is 0 Å². The minimum atomic E-state index is -3.87. The van der Waals surface area contributed by atoms with Gasteiger partial charge in [-0.1, -0.05) is 12.7 Å². The smallest absolute Gasteiger partial charge is 0.373 e. The molecule has 35 heavy (non-hydrogen) atoms. The van der Waals surface area contributed by atoms with E-state index < -0.39 is 22.3 Å². The van der Waals surface area contributed by atoms with Gasteiger partial charge in [0.1, 0.15) is 12.4 Å². The molecule has 0 amide bonds. The van der Waals surface area contributed by atoms with Gasteiger partial charge in [0.25, 0.3) is 0 Å². The fraction of sp³-hybridized carbons (Fsp3) is 0.375. The van der Waals surface area contributed by atoms with Crippen molar-refractivity contribution in [1.29, 1.82) is 0 Å². The lowest BCUT2D eigenvalue weighted by Gasteiger charge is -2.29. The average Bonchev–Trinajstić information content (AvgIpc) is 3.42. The highest BCUT2D eigenvalue weighted by atomic mass is 32.2. The molecule has 9 nitrogen and oxygen atoms in total. The maximum atomic E-state index is 13.1. The fourth-order valence-electron chi connectivity index (χ4n) is 3.48. The van der Waals surface area contributed by atoms with Crippen molar-refractivity contribution in [2.45, 2.75) is 23.5 Å². The van der Waals surface area contributed by atoms with E-state index in [1.165, 1.54) is 25.3 Å². The molecule has 1 aliphatic heterocycles. The number of benzene rings is 1. The molecule has 2 unspecified atom stereocenters. The number of esters is 1. The predicted molar refractivity (Wildman–Crippen MR) is 131 cm³/mol. The Kier molecular flexibility index (Phi) is 9.87. The van der Waals surface area contributed by atoms with Gasteiger partial charge >= 0.3 is 5.97 Å². The number of thiophene rings is 1. The third-order valence-corrected chi connectivity index (χ3v) is 7.87. The van der Waals surface area contributed by atoms with Gasteiger partial charge < -0.3 is 24.1 Å². The molecule has 190 valence electrons. The van der Waals surface area contributed by atoms with Crippen LogP contribution in [0.5, 0.6) is 5.75 Å². The predicted octanol–water partition coefficient (Wildman–Crippen LogP) is 2.90. The number of allylic oxidation sites excluding steroid dienone is 1. The van der Waals surface area contributed by atoms with Crippen LogP contribution >= 0.6 is 11.3 Å². The van der Waals surface area contributed by atoms with Crippen molar-refractivity contribution >= 4 is 27.3 Å². The first-order valence-electron chi connectivity index (χ1n) is 10.9. The summed E-state index contributed by atoms with van der Waals surface area (Å²) in [6.45, 7) is 3.11. The lowest BCUT2D eigenvalue weighted by Crippen LogP contribution is -2.37. The van der Waals surface area contributed by atoms with Crippen LogP contribution in [0.25, 0.3) is 0 Å². The van der Waals surface area contributed by atoms with E-state index in [2.05, 4.69) is 6.58 Å². The SMILES string of the molecule is C=CCOC(=O)C1=CC(c2ccsc2)CC(OCCN(CCO)S(=O)(=O)c2ccc(OC)cc2)O1. The monoisotopic (exact) mass is 523 g/mol. The number of nitrogens with zero attached hydrogens (tertiary/aromatic N) is 1. The highest BCUT2D eigenvalue weighted by Gasteiger charge is 2.30. The van der Waals surface area contributed by atoms with Gasteiger partial charge in [-0.25, -0.2) is 13.2 Å². The summed E-state index contributed by atoms with van der Waals surface area (Å²) in [7, 11) is -2.37. The molecule has 0 spiro atoms. The number of hydrogen-bond donors (Lipinski definition) is 1. The first-order valence-corrected chi connectivity index (χ1v) is 13.3. The number of aliphatic hydroxyl groups excluding tert-OH is 1. The second kappa shape index (κ2) is 12.8. The normalized spacial score (nSPS) is 18.0. The molecule has 1 aliphatic rings. The van der Waals surface area contributed by atoms with E-state index in [9.17, 15) is 18.3 Å². The van der Waals surface area contributed by atoms with E-state index in [1.807, 2.05) is 16.8 Å². The molecule has 2 heterocycles. The Morgan fingerprint density at radius 1 is 1.29 bits per heavy atom. The van der Waals surface area contributed by atoms with Crippen LogP contribution in [0.2, 0.25) is 0 Å². The van der Waals surface area contributed by atoms with E-state index in [1.54, 1.807) is 29.5 Å². The van der Waals surface area contributed by atoms with Crippen LogP contribution in [0, 0.1) is 0 Å². The van der Waals surface area contributed by atoms with Crippen molar-refractivity contribution in [3.05, 3.63) is 71.1 Å². The van der Waals surface area contributed by atoms with E-state index in [0.717, 1.165) is 9.87 Å². The number of carbonyl (C=O) groups excluding carboxylic acids is 1. The number of methoxy groups -OCH3 is 1. The summed E-state index contributed by atoms with van der Waals surface area (Å²) in [5, 5.41) is 13.4. The average molecular weight is 524 g/mol. The van der Waals surface area contributed by atoms with Crippen molar-refractivity contribution in [3.63, 3.8) is 0 Å². The van der Waals surface area contributed by atoms with E-state index in [-0.39, 0.29) is 49.5 Å². The number of ether oxygens (including phenoxy) is 4. The van der Waals surface area contributed by atoms with Gasteiger partial charge in [-0.3, -0.25) is 0 Å². The lowest BCUT2D eigenvalue weighted by molar-refractivity contribution is -0.160. The molecule has 0 fully saturated rings. The number of aliphatic hydroxyl groups is 1. The third-order valence-electron chi connectivity index (χ3n) is 5.25. The summed E-state index contributed by atoms with van der Waals surface area (Å²) < 4.78 is 49.0. The van der Waals surface area contributed by atoms with Crippen molar-refractivity contribution in [2.75, 3.05) is 40.0 Å². The molecule has 0 radical (unpaired) electrons. The van der Waals surface area contributed by atoms with Crippen molar-refractivity contribution in [2.24, 2.45) is 0 Å². The second-order valence-corrected chi connectivity index (χ2v) is 10.3. The van der Waals surface area contributed by atoms with Gasteiger partial charge in [0, 0.05) is 25.4 Å². The van der Waals surface area contributed by atoms with Crippen molar-refractivity contribution in [1.82, 2.24) is 4.31 Å². The van der Waals surface area contributed by atoms with Crippen LogP contribution in [0.1, 0.15) is 17.9 Å². The summed E-state index contributed by atoms with van der Waals surface area (Å²) in [6.07, 6.45) is 2.83. The molecule has 2 atom stereocenters. The summed E-state index contributed by atoms with van der Waals surface area (Å²) in [6, 6.07) is 7.97. The van der Waals surface area contributed by atoms with Crippen LogP contribution in [0.4, 0.5) is 0 Å². The summed E-state index contributed by atoms with van der Waals surface area (Å²) >= 11 is 1.54. The zero-order valence-corrected chi connectivity index (χ0v) is 21.0. The quantitative estimate of drug-likeness (QED) is 0.315. The topological polar surface area (TPSA) is 112 Å². The summed E-state index contributed by atoms with van der Waals surface area (Å²) in [4.78, 5) is 12.5. The molecule has 1 aromatic heterocycles. The molecule has 2 aromatic rings. The molecule has 0 bridgehead atoms. The number of sulfonamides is 1. The molecule has 1 N–H and O–H groups in total. The first kappa shape index (κ1) is 26.9. The fourth-order valence-corrected chi connectivity index (χ4v) is 5.62. The largest absolute Gasteiger partial charge is 0.497 e. The van der Waals surface area contributed by atoms with Gasteiger partial charge in [-0.15, -0.1) is 0 Å². The van der Waals surface area contributed by atoms with Gasteiger partial charge in [-0.2, -0.15) is 15.6 Å². The number of carbonyl (C=O) groups is 1. The Labute approximate surface area is 209 Å². The Morgan fingerprint density at radius 3 is 2.69 bits per heavy atom. The zero-order valence-electron chi connectivity index (χ0n) is 19.4. The van der Waals surface area contributed by atoms with Crippen LogP contribution in [0.15, 0.2) is 70.5 Å². The number of rotatable bonds is 13. The Bertz CT molecular complexity index is 1100. The summed E-state index contributed by atoms with van der Waals surface area (Å²) in [5.41, 5.74) is 1.02. The minimum Gasteiger partial charge on any atom is -0.497 e. The van der Waals surface area contributed by atoms with Gasteiger partial charge in [0.2, 0.25) is 22.1 Å². The molecule has 0 saturated heterocycles.